The monoisotopic (exact) mass is 1460 g/mol. The number of carbonyl (C=O) groups is 4. The summed E-state index contributed by atoms with van der Waals surface area (Å²) in [6.45, 7) is 9.44. The number of aliphatic hydroxyl groups is 1. The van der Waals surface area contributed by atoms with Crippen molar-refractivity contribution in [3.8, 4) is 0 Å². The minimum Gasteiger partial charge on any atom is -0.462 e. The van der Waals surface area contributed by atoms with E-state index in [1.54, 1.807) is 0 Å². The fourth-order valence-corrected chi connectivity index (χ4v) is 13.0. The molecule has 0 fully saturated rings. The quantitative estimate of drug-likeness (QED) is 0.0169. The predicted octanol–water partition coefficient (Wildman–Crippen LogP) is 23.4. The number of aliphatic hydroxyl groups excluding tert-OH is 1. The molecule has 0 saturated heterocycles. The number of hydrogen-bond acceptors (Lipinski definition) is 15. The van der Waals surface area contributed by atoms with Crippen molar-refractivity contribution in [1.82, 2.24) is 0 Å². The highest BCUT2D eigenvalue weighted by Gasteiger charge is 2.30. The van der Waals surface area contributed by atoms with Gasteiger partial charge in [0.2, 0.25) is 0 Å². The molecule has 3 N–H and O–H groups in total. The molecule has 0 radical (unpaired) electrons. The molecule has 0 aliphatic carbocycles. The van der Waals surface area contributed by atoms with E-state index in [0.717, 1.165) is 134 Å². The van der Waals surface area contributed by atoms with Crippen LogP contribution < -0.4 is 0 Å². The molecule has 3 unspecified atom stereocenters. The van der Waals surface area contributed by atoms with E-state index in [1.165, 1.54) is 154 Å². The van der Waals surface area contributed by atoms with Gasteiger partial charge in [0.25, 0.3) is 0 Å². The van der Waals surface area contributed by atoms with E-state index in [0.29, 0.717) is 31.6 Å². The lowest BCUT2D eigenvalue weighted by atomic mass is 10.0. The summed E-state index contributed by atoms with van der Waals surface area (Å²) in [5.74, 6) is -0.680. The Balaban J connectivity index is 5.25. The third kappa shape index (κ3) is 73.3. The van der Waals surface area contributed by atoms with Crippen LogP contribution in [0, 0.1) is 11.8 Å². The highest BCUT2D eigenvalue weighted by atomic mass is 31.2. The van der Waals surface area contributed by atoms with Crippen LogP contribution in [0.15, 0.2) is 48.6 Å². The van der Waals surface area contributed by atoms with Gasteiger partial charge in [-0.1, -0.05) is 321 Å². The van der Waals surface area contributed by atoms with Crippen LogP contribution in [0.3, 0.4) is 0 Å². The molecule has 100 heavy (non-hydrogen) atoms. The Kier molecular flexibility index (Phi) is 69.5. The first-order chi connectivity index (χ1) is 48.4. The van der Waals surface area contributed by atoms with E-state index in [9.17, 15) is 43.2 Å². The second-order valence-electron chi connectivity index (χ2n) is 28.7. The third-order valence-electron chi connectivity index (χ3n) is 17.7. The number of carbonyl (C=O) groups excluding carboxylic acids is 4. The maximum atomic E-state index is 13.1. The summed E-state index contributed by atoms with van der Waals surface area (Å²) in [5, 5.41) is 10.6. The van der Waals surface area contributed by atoms with E-state index in [4.69, 9.17) is 37.0 Å². The SMILES string of the molecule is CCCCCC/C=C\C=C/CCCCCCCC(=O)OC[C@H](COP(=O)(O)OCC(O)COP(=O)(O)OC[C@@H](COC(=O)CCCCCCCCC(C)C)OC(=O)CCCCCCCCCCCCCCCCCCCCC(C)C)OC(=O)CCCCCCC/C=C\C=C/CCCCCC. The summed E-state index contributed by atoms with van der Waals surface area (Å²) < 4.78 is 68.5. The number of esters is 4. The molecule has 0 amide bonds. The number of phosphoric ester groups is 2. The van der Waals surface area contributed by atoms with Crippen LogP contribution in [0.2, 0.25) is 0 Å². The largest absolute Gasteiger partial charge is 0.472 e. The van der Waals surface area contributed by atoms with Gasteiger partial charge in [0.15, 0.2) is 12.2 Å². The lowest BCUT2D eigenvalue weighted by molar-refractivity contribution is -0.161. The summed E-state index contributed by atoms with van der Waals surface area (Å²) in [7, 11) is -9.94. The Morgan fingerprint density at radius 3 is 0.810 bits per heavy atom. The van der Waals surface area contributed by atoms with Crippen LogP contribution in [-0.4, -0.2) is 96.7 Å². The fourth-order valence-electron chi connectivity index (χ4n) is 11.5. The maximum absolute atomic E-state index is 13.1. The van der Waals surface area contributed by atoms with Gasteiger partial charge in [-0.15, -0.1) is 0 Å². The topological polar surface area (TPSA) is 237 Å². The second-order valence-corrected chi connectivity index (χ2v) is 31.6. The Hall–Kier alpha value is -2.98. The average Bonchev–Trinajstić information content (AvgIpc) is 0.931. The normalized spacial score (nSPS) is 14.2. The van der Waals surface area contributed by atoms with Gasteiger partial charge in [0.05, 0.1) is 26.4 Å². The Labute approximate surface area is 610 Å². The number of phosphoric acid groups is 2. The smallest absolute Gasteiger partial charge is 0.462 e. The van der Waals surface area contributed by atoms with Gasteiger partial charge in [-0.05, 0) is 88.9 Å². The Bertz CT molecular complexity index is 2110. The molecule has 5 atom stereocenters. The standard InChI is InChI=1S/C81H150O17P2/c1-7-9-11-13-15-17-19-21-27-32-36-40-44-51-57-63-78(83)91-69-76(97-80(85)65-59-53-45-41-37-33-28-22-20-18-16-14-12-10-8-2)71-95-99(87,88)93-67-75(82)68-94-100(89,90)96-72-77(70-92-79(84)64-58-52-48-47-50-56-62-74(5)6)98-81(86)66-60-54-46-42-38-34-30-26-24-23-25-29-31-35-39-43-49-55-61-73(3)4/h17-22,27-28,73-77,82H,7-16,23-26,29-72H2,1-6H3,(H,87,88)(H,89,90)/b19-17-,20-18-,27-21-,28-22-/t75?,76-,77-/m1/s1. The second kappa shape index (κ2) is 71.6. The van der Waals surface area contributed by atoms with Crippen molar-refractivity contribution in [3.63, 3.8) is 0 Å². The molecule has 0 aliphatic heterocycles. The molecule has 0 heterocycles. The van der Waals surface area contributed by atoms with E-state index >= 15 is 0 Å². The number of allylic oxidation sites excluding steroid dienone is 8. The lowest BCUT2D eigenvalue weighted by Crippen LogP contribution is -2.30. The number of unbranched alkanes of at least 4 members (excludes halogenated alkanes) is 40. The molecule has 19 heteroatoms. The third-order valence-corrected chi connectivity index (χ3v) is 19.6. The van der Waals surface area contributed by atoms with Crippen LogP contribution in [0.5, 0.6) is 0 Å². The van der Waals surface area contributed by atoms with Crippen molar-refractivity contribution in [2.24, 2.45) is 11.8 Å². The zero-order chi connectivity index (χ0) is 73.5. The van der Waals surface area contributed by atoms with Crippen LogP contribution in [0.4, 0.5) is 0 Å². The summed E-state index contributed by atoms with van der Waals surface area (Å²) in [6.07, 6.45) is 67.1. The molecule has 0 saturated carbocycles. The summed E-state index contributed by atoms with van der Waals surface area (Å²) >= 11 is 0. The zero-order valence-corrected chi connectivity index (χ0v) is 66.3. The van der Waals surface area contributed by atoms with Gasteiger partial charge in [-0.25, -0.2) is 9.13 Å². The average molecular weight is 1460 g/mol. The van der Waals surface area contributed by atoms with E-state index in [2.05, 4.69) is 90.2 Å². The Morgan fingerprint density at radius 2 is 0.540 bits per heavy atom. The van der Waals surface area contributed by atoms with Crippen LogP contribution >= 0.6 is 15.6 Å². The maximum Gasteiger partial charge on any atom is 0.472 e. The minimum atomic E-state index is -4.97. The molecular formula is C81H150O17P2. The van der Waals surface area contributed by atoms with E-state index < -0.39 is 97.5 Å². The molecule has 0 aromatic heterocycles. The predicted molar refractivity (Wildman–Crippen MR) is 409 cm³/mol. The molecule has 0 spiro atoms. The fraction of sp³-hybridized carbons (Fsp3) is 0.852. The van der Waals surface area contributed by atoms with Crippen molar-refractivity contribution >= 4 is 39.5 Å². The molecule has 0 aliphatic rings. The number of hydrogen-bond donors (Lipinski definition) is 3. The van der Waals surface area contributed by atoms with Crippen LogP contribution in [0.1, 0.15) is 375 Å². The van der Waals surface area contributed by atoms with Crippen molar-refractivity contribution in [1.29, 1.82) is 0 Å². The van der Waals surface area contributed by atoms with Gasteiger partial charge < -0.3 is 33.8 Å². The van der Waals surface area contributed by atoms with E-state index in [-0.39, 0.29) is 25.7 Å². The molecule has 586 valence electrons. The number of ether oxygens (including phenoxy) is 4. The molecule has 0 rings (SSSR count). The first-order valence-electron chi connectivity index (χ1n) is 40.6. The summed E-state index contributed by atoms with van der Waals surface area (Å²) in [6, 6.07) is 0. The Morgan fingerprint density at radius 1 is 0.310 bits per heavy atom. The van der Waals surface area contributed by atoms with E-state index in [1.807, 2.05) is 0 Å². The molecule has 0 aromatic rings. The molecule has 17 nitrogen and oxygen atoms in total. The highest BCUT2D eigenvalue weighted by Crippen LogP contribution is 2.45. The van der Waals surface area contributed by atoms with Crippen molar-refractivity contribution < 1.29 is 80.2 Å². The molecule has 0 aromatic carbocycles. The zero-order valence-electron chi connectivity index (χ0n) is 64.5. The first-order valence-corrected chi connectivity index (χ1v) is 43.6. The van der Waals surface area contributed by atoms with Crippen LogP contribution in [0.25, 0.3) is 0 Å². The minimum absolute atomic E-state index is 0.0781. The summed E-state index contributed by atoms with van der Waals surface area (Å²) in [5.41, 5.74) is 0. The van der Waals surface area contributed by atoms with Gasteiger partial charge in [-0.2, -0.15) is 0 Å². The summed E-state index contributed by atoms with van der Waals surface area (Å²) in [4.78, 5) is 72.9. The molecular weight excluding hydrogens is 1310 g/mol. The first kappa shape index (κ1) is 97.0. The van der Waals surface area contributed by atoms with Crippen molar-refractivity contribution in [2.75, 3.05) is 39.6 Å². The van der Waals surface area contributed by atoms with Crippen molar-refractivity contribution in [3.05, 3.63) is 48.6 Å². The van der Waals surface area contributed by atoms with Gasteiger partial charge >= 0.3 is 39.5 Å². The molecule has 0 bridgehead atoms. The van der Waals surface area contributed by atoms with Gasteiger partial charge in [0, 0.05) is 25.7 Å². The lowest BCUT2D eigenvalue weighted by Gasteiger charge is -2.21. The van der Waals surface area contributed by atoms with Gasteiger partial charge in [-0.3, -0.25) is 37.3 Å². The van der Waals surface area contributed by atoms with Crippen molar-refractivity contribution in [2.45, 2.75) is 394 Å². The number of rotatable bonds is 76. The van der Waals surface area contributed by atoms with Crippen LogP contribution in [-0.2, 0) is 65.4 Å². The highest BCUT2D eigenvalue weighted by molar-refractivity contribution is 7.47. The van der Waals surface area contributed by atoms with Gasteiger partial charge in [0.1, 0.15) is 19.3 Å².